The number of esters is 1. The Balaban J connectivity index is 4.42. The molecule has 0 amide bonds. The minimum Gasteiger partial charge on any atom is -0.463 e. The summed E-state index contributed by atoms with van der Waals surface area (Å²) >= 11 is 0. The maximum absolute atomic E-state index is 11.3. The fraction of sp³-hybridized carbons (Fsp3) is 0.688. The van der Waals surface area contributed by atoms with Crippen molar-refractivity contribution in [2.45, 2.75) is 54.4 Å². The zero-order valence-corrected chi connectivity index (χ0v) is 12.7. The maximum Gasteiger partial charge on any atom is 0.331 e. The van der Waals surface area contributed by atoms with Crippen LogP contribution in [-0.2, 0) is 9.53 Å². The van der Waals surface area contributed by atoms with Crippen LogP contribution in [0.1, 0.15) is 54.4 Å². The van der Waals surface area contributed by atoms with Crippen LogP contribution in [0.15, 0.2) is 23.3 Å². The standard InChI is InChI=1S/C16H28O2/c1-7-18-16(17)11-15(6)14(5)10-13(4)9-8-12(2)3/h10-13H,7-9H2,1-6H3. The van der Waals surface area contributed by atoms with Gasteiger partial charge in [0.15, 0.2) is 0 Å². The first-order valence-corrected chi connectivity index (χ1v) is 6.90. The molecule has 0 bridgehead atoms. The molecule has 0 aromatic carbocycles. The molecule has 0 aliphatic rings. The molecule has 2 nitrogen and oxygen atoms in total. The van der Waals surface area contributed by atoms with Gasteiger partial charge in [-0.3, -0.25) is 0 Å². The van der Waals surface area contributed by atoms with E-state index in [0.29, 0.717) is 12.5 Å². The van der Waals surface area contributed by atoms with E-state index < -0.39 is 0 Å². The van der Waals surface area contributed by atoms with Crippen molar-refractivity contribution in [1.82, 2.24) is 0 Å². The van der Waals surface area contributed by atoms with Gasteiger partial charge >= 0.3 is 5.97 Å². The first-order valence-electron chi connectivity index (χ1n) is 6.90. The fourth-order valence-corrected chi connectivity index (χ4v) is 1.71. The highest BCUT2D eigenvalue weighted by Crippen LogP contribution is 2.17. The average Bonchev–Trinajstić information content (AvgIpc) is 2.26. The van der Waals surface area contributed by atoms with E-state index in [1.54, 1.807) is 6.08 Å². The van der Waals surface area contributed by atoms with E-state index in [9.17, 15) is 4.79 Å². The molecule has 1 unspecified atom stereocenters. The summed E-state index contributed by atoms with van der Waals surface area (Å²) in [6.07, 6.45) is 6.26. The molecule has 0 saturated carbocycles. The van der Waals surface area contributed by atoms with Gasteiger partial charge in [-0.05, 0) is 44.6 Å². The van der Waals surface area contributed by atoms with E-state index in [2.05, 4.69) is 33.8 Å². The lowest BCUT2D eigenvalue weighted by molar-refractivity contribution is -0.137. The third kappa shape index (κ3) is 8.10. The smallest absolute Gasteiger partial charge is 0.331 e. The van der Waals surface area contributed by atoms with Crippen LogP contribution in [-0.4, -0.2) is 12.6 Å². The second-order valence-corrected chi connectivity index (χ2v) is 5.38. The monoisotopic (exact) mass is 252 g/mol. The Morgan fingerprint density at radius 1 is 1.11 bits per heavy atom. The third-order valence-electron chi connectivity index (χ3n) is 2.98. The fourth-order valence-electron chi connectivity index (χ4n) is 1.71. The Labute approximate surface area is 112 Å². The van der Waals surface area contributed by atoms with Crippen LogP contribution in [0.3, 0.4) is 0 Å². The summed E-state index contributed by atoms with van der Waals surface area (Å²) in [5, 5.41) is 0. The second kappa shape index (κ2) is 8.96. The van der Waals surface area contributed by atoms with Gasteiger partial charge in [-0.1, -0.05) is 38.8 Å². The number of allylic oxidation sites excluding steroid dienone is 3. The predicted molar refractivity (Wildman–Crippen MR) is 77.4 cm³/mol. The predicted octanol–water partition coefficient (Wildman–Crippen LogP) is 4.51. The molecule has 0 rings (SSSR count). The summed E-state index contributed by atoms with van der Waals surface area (Å²) in [4.78, 5) is 11.3. The molecule has 2 heteroatoms. The summed E-state index contributed by atoms with van der Waals surface area (Å²) in [5.74, 6) is 1.05. The summed E-state index contributed by atoms with van der Waals surface area (Å²) in [6.45, 7) is 13.0. The molecule has 0 fully saturated rings. The number of hydrogen-bond donors (Lipinski definition) is 0. The van der Waals surface area contributed by atoms with E-state index in [-0.39, 0.29) is 5.97 Å². The van der Waals surface area contributed by atoms with Crippen LogP contribution in [0.2, 0.25) is 0 Å². The average molecular weight is 252 g/mol. The van der Waals surface area contributed by atoms with Crippen molar-refractivity contribution < 1.29 is 9.53 Å². The Morgan fingerprint density at radius 3 is 2.22 bits per heavy atom. The molecule has 104 valence electrons. The van der Waals surface area contributed by atoms with Gasteiger partial charge < -0.3 is 4.74 Å². The lowest BCUT2D eigenvalue weighted by Gasteiger charge is -2.11. The molecule has 0 aromatic rings. The Morgan fingerprint density at radius 2 is 1.72 bits per heavy atom. The van der Waals surface area contributed by atoms with Gasteiger partial charge in [-0.2, -0.15) is 0 Å². The summed E-state index contributed by atoms with van der Waals surface area (Å²) in [5.41, 5.74) is 2.16. The van der Waals surface area contributed by atoms with Crippen molar-refractivity contribution in [2.24, 2.45) is 11.8 Å². The summed E-state index contributed by atoms with van der Waals surface area (Å²) < 4.78 is 4.90. The zero-order valence-electron chi connectivity index (χ0n) is 12.7. The summed E-state index contributed by atoms with van der Waals surface area (Å²) in [7, 11) is 0. The van der Waals surface area contributed by atoms with Gasteiger partial charge in [0.1, 0.15) is 0 Å². The van der Waals surface area contributed by atoms with Crippen molar-refractivity contribution in [3.63, 3.8) is 0 Å². The second-order valence-electron chi connectivity index (χ2n) is 5.38. The highest BCUT2D eigenvalue weighted by molar-refractivity contribution is 5.83. The van der Waals surface area contributed by atoms with E-state index in [1.807, 2.05) is 13.8 Å². The highest BCUT2D eigenvalue weighted by atomic mass is 16.5. The van der Waals surface area contributed by atoms with Crippen LogP contribution in [0, 0.1) is 11.8 Å². The van der Waals surface area contributed by atoms with E-state index >= 15 is 0 Å². The van der Waals surface area contributed by atoms with Crippen LogP contribution in [0.25, 0.3) is 0 Å². The van der Waals surface area contributed by atoms with Gasteiger partial charge in [-0.15, -0.1) is 0 Å². The van der Waals surface area contributed by atoms with Gasteiger partial charge in [0.05, 0.1) is 6.61 Å². The quantitative estimate of drug-likeness (QED) is 0.378. The normalized spacial score (nSPS) is 14.8. The Kier molecular flexibility index (Phi) is 8.43. The van der Waals surface area contributed by atoms with E-state index in [0.717, 1.165) is 11.5 Å². The van der Waals surface area contributed by atoms with Crippen LogP contribution < -0.4 is 0 Å². The minimum atomic E-state index is -0.252. The summed E-state index contributed by atoms with van der Waals surface area (Å²) in [6, 6.07) is 0. The molecule has 0 spiro atoms. The number of carbonyl (C=O) groups excluding carboxylic acids is 1. The molecule has 0 aliphatic carbocycles. The van der Waals surface area contributed by atoms with Gasteiger partial charge in [-0.25, -0.2) is 4.79 Å². The zero-order chi connectivity index (χ0) is 14.1. The molecule has 18 heavy (non-hydrogen) atoms. The van der Waals surface area contributed by atoms with Gasteiger partial charge in [0, 0.05) is 6.08 Å². The van der Waals surface area contributed by atoms with Crippen LogP contribution in [0.4, 0.5) is 0 Å². The van der Waals surface area contributed by atoms with Gasteiger partial charge in [0.25, 0.3) is 0 Å². The molecule has 0 aliphatic heterocycles. The van der Waals surface area contributed by atoms with Crippen LogP contribution in [0.5, 0.6) is 0 Å². The molecule has 0 radical (unpaired) electrons. The van der Waals surface area contributed by atoms with E-state index in [1.165, 1.54) is 18.4 Å². The van der Waals surface area contributed by atoms with Crippen LogP contribution >= 0.6 is 0 Å². The molecule has 1 atom stereocenters. The highest BCUT2D eigenvalue weighted by Gasteiger charge is 2.04. The molecule has 0 saturated heterocycles. The van der Waals surface area contributed by atoms with Crippen molar-refractivity contribution in [3.8, 4) is 0 Å². The lowest BCUT2D eigenvalue weighted by atomic mass is 9.96. The van der Waals surface area contributed by atoms with Crippen molar-refractivity contribution in [3.05, 3.63) is 23.3 Å². The third-order valence-corrected chi connectivity index (χ3v) is 2.98. The minimum absolute atomic E-state index is 0.252. The topological polar surface area (TPSA) is 26.3 Å². The van der Waals surface area contributed by atoms with Crippen molar-refractivity contribution in [2.75, 3.05) is 6.61 Å². The first-order chi connectivity index (χ1) is 8.36. The first kappa shape index (κ1) is 16.9. The number of hydrogen-bond acceptors (Lipinski definition) is 2. The number of carbonyl (C=O) groups is 1. The molecular formula is C16H28O2. The number of rotatable bonds is 7. The van der Waals surface area contributed by atoms with E-state index in [4.69, 9.17) is 4.74 Å². The Hall–Kier alpha value is -1.05. The lowest BCUT2D eigenvalue weighted by Crippen LogP contribution is -2.01. The largest absolute Gasteiger partial charge is 0.463 e. The molecular weight excluding hydrogens is 224 g/mol. The molecule has 0 N–H and O–H groups in total. The molecule has 0 aromatic heterocycles. The number of ether oxygens (including phenoxy) is 1. The van der Waals surface area contributed by atoms with Gasteiger partial charge in [0.2, 0.25) is 0 Å². The van der Waals surface area contributed by atoms with Crippen molar-refractivity contribution >= 4 is 5.97 Å². The van der Waals surface area contributed by atoms with Crippen molar-refractivity contribution in [1.29, 1.82) is 0 Å². The maximum atomic E-state index is 11.3. The SMILES string of the molecule is CCOC(=O)C=C(C)C(C)=CC(C)CCC(C)C. The Bertz CT molecular complexity index is 311. The molecule has 0 heterocycles.